The van der Waals surface area contributed by atoms with E-state index in [2.05, 4.69) is 20.8 Å². The van der Waals surface area contributed by atoms with E-state index in [1.54, 1.807) is 18.4 Å². The molecule has 0 spiro atoms. The summed E-state index contributed by atoms with van der Waals surface area (Å²) >= 11 is 1.67. The number of thiazole rings is 1. The van der Waals surface area contributed by atoms with Crippen molar-refractivity contribution >= 4 is 17.2 Å². The first-order chi connectivity index (χ1) is 8.78. The van der Waals surface area contributed by atoms with E-state index in [-0.39, 0.29) is 0 Å². The second-order valence-electron chi connectivity index (χ2n) is 4.02. The summed E-state index contributed by atoms with van der Waals surface area (Å²) in [6.45, 7) is 4.38. The van der Waals surface area contributed by atoms with Crippen LogP contribution in [0, 0.1) is 6.92 Å². The van der Waals surface area contributed by atoms with Gasteiger partial charge in [-0.15, -0.1) is 11.3 Å². The van der Waals surface area contributed by atoms with Gasteiger partial charge in [0.1, 0.15) is 5.82 Å². The molecule has 6 heteroatoms. The third kappa shape index (κ3) is 3.82. The van der Waals surface area contributed by atoms with Gasteiger partial charge in [-0.2, -0.15) is 5.10 Å². The minimum atomic E-state index is 0.722. The molecule has 2 aromatic rings. The minimum Gasteiger partial charge on any atom is -0.385 e. The van der Waals surface area contributed by atoms with E-state index in [9.17, 15) is 0 Å². The van der Waals surface area contributed by atoms with Gasteiger partial charge in [-0.25, -0.2) is 4.98 Å². The molecule has 2 heterocycles. The number of rotatable bonds is 7. The van der Waals surface area contributed by atoms with Crippen LogP contribution >= 0.6 is 11.3 Å². The SMILES string of the molecule is COCCCn1ccc(NCc2csc(C)n2)n1. The van der Waals surface area contributed by atoms with Gasteiger partial charge in [-0.3, -0.25) is 4.68 Å². The zero-order chi connectivity index (χ0) is 12.8. The van der Waals surface area contributed by atoms with Gasteiger partial charge in [-0.05, 0) is 13.3 Å². The molecule has 0 bridgehead atoms. The van der Waals surface area contributed by atoms with E-state index in [0.29, 0.717) is 0 Å². The first kappa shape index (κ1) is 13.0. The van der Waals surface area contributed by atoms with Gasteiger partial charge < -0.3 is 10.1 Å². The Hall–Kier alpha value is -1.40. The van der Waals surface area contributed by atoms with Crippen LogP contribution in [0.2, 0.25) is 0 Å². The minimum absolute atomic E-state index is 0.722. The van der Waals surface area contributed by atoms with Crippen LogP contribution in [0.4, 0.5) is 5.82 Å². The molecule has 0 aliphatic heterocycles. The van der Waals surface area contributed by atoms with Gasteiger partial charge in [-0.1, -0.05) is 0 Å². The third-order valence-electron chi connectivity index (χ3n) is 2.49. The Balaban J connectivity index is 1.79. The zero-order valence-corrected chi connectivity index (χ0v) is 11.5. The molecular weight excluding hydrogens is 248 g/mol. The molecule has 2 aromatic heterocycles. The van der Waals surface area contributed by atoms with Crippen LogP contribution in [0.1, 0.15) is 17.1 Å². The smallest absolute Gasteiger partial charge is 0.148 e. The predicted octanol–water partition coefficient (Wildman–Crippen LogP) is 2.30. The van der Waals surface area contributed by atoms with Gasteiger partial charge in [0.2, 0.25) is 0 Å². The van der Waals surface area contributed by atoms with E-state index in [0.717, 1.165) is 42.6 Å². The Labute approximate surface area is 111 Å². The van der Waals surface area contributed by atoms with Crippen molar-refractivity contribution in [2.45, 2.75) is 26.4 Å². The monoisotopic (exact) mass is 266 g/mol. The van der Waals surface area contributed by atoms with E-state index < -0.39 is 0 Å². The maximum Gasteiger partial charge on any atom is 0.148 e. The van der Waals surface area contributed by atoms with Crippen molar-refractivity contribution in [1.82, 2.24) is 14.8 Å². The van der Waals surface area contributed by atoms with E-state index in [4.69, 9.17) is 4.74 Å². The first-order valence-electron chi connectivity index (χ1n) is 5.95. The molecule has 0 unspecified atom stereocenters. The highest BCUT2D eigenvalue weighted by atomic mass is 32.1. The molecule has 2 rings (SSSR count). The van der Waals surface area contributed by atoms with Crippen LogP contribution in [0.15, 0.2) is 17.6 Å². The number of hydrogen-bond acceptors (Lipinski definition) is 5. The number of methoxy groups -OCH3 is 1. The molecule has 0 atom stereocenters. The molecule has 0 fully saturated rings. The maximum atomic E-state index is 5.01. The highest BCUT2D eigenvalue weighted by Gasteiger charge is 2.01. The van der Waals surface area contributed by atoms with Crippen molar-refractivity contribution in [3.63, 3.8) is 0 Å². The number of nitrogens with zero attached hydrogens (tertiary/aromatic N) is 3. The van der Waals surface area contributed by atoms with Crippen LogP contribution < -0.4 is 5.32 Å². The highest BCUT2D eigenvalue weighted by molar-refractivity contribution is 7.09. The summed E-state index contributed by atoms with van der Waals surface area (Å²) in [4.78, 5) is 4.40. The summed E-state index contributed by atoms with van der Waals surface area (Å²) in [5.74, 6) is 0.887. The number of aromatic nitrogens is 3. The first-order valence-corrected chi connectivity index (χ1v) is 6.83. The quantitative estimate of drug-likeness (QED) is 0.781. The van der Waals surface area contributed by atoms with Gasteiger partial charge in [0.15, 0.2) is 0 Å². The fraction of sp³-hybridized carbons (Fsp3) is 0.500. The fourth-order valence-electron chi connectivity index (χ4n) is 1.62. The topological polar surface area (TPSA) is 52.0 Å². The lowest BCUT2D eigenvalue weighted by atomic mass is 10.4. The molecule has 0 aromatic carbocycles. The summed E-state index contributed by atoms with van der Waals surface area (Å²) in [5.41, 5.74) is 1.06. The summed E-state index contributed by atoms with van der Waals surface area (Å²) in [6, 6.07) is 1.98. The Bertz CT molecular complexity index is 480. The number of nitrogens with one attached hydrogen (secondary N) is 1. The lowest BCUT2D eigenvalue weighted by molar-refractivity contribution is 0.189. The number of aryl methyl sites for hydroxylation is 2. The standard InChI is InChI=1S/C12H18N4OS/c1-10-14-11(9-18-10)8-13-12-4-6-16(15-12)5-3-7-17-2/h4,6,9H,3,5,7-8H2,1-2H3,(H,13,15). The molecule has 0 aliphatic rings. The molecule has 0 saturated heterocycles. The molecule has 18 heavy (non-hydrogen) atoms. The van der Waals surface area contributed by atoms with Crippen LogP contribution in [-0.4, -0.2) is 28.5 Å². The number of ether oxygens (including phenoxy) is 1. The van der Waals surface area contributed by atoms with Crippen LogP contribution in [0.25, 0.3) is 0 Å². The van der Waals surface area contributed by atoms with Gasteiger partial charge in [0, 0.05) is 37.9 Å². The summed E-state index contributed by atoms with van der Waals surface area (Å²) < 4.78 is 6.94. The van der Waals surface area contributed by atoms with Crippen LogP contribution in [-0.2, 0) is 17.8 Å². The van der Waals surface area contributed by atoms with E-state index in [1.807, 2.05) is 23.9 Å². The maximum absolute atomic E-state index is 5.01. The Morgan fingerprint density at radius 1 is 1.50 bits per heavy atom. The van der Waals surface area contributed by atoms with Crippen molar-refractivity contribution in [2.75, 3.05) is 19.0 Å². The van der Waals surface area contributed by atoms with Crippen LogP contribution in [0.5, 0.6) is 0 Å². The molecular formula is C12H18N4OS. The summed E-state index contributed by atoms with van der Waals surface area (Å²) in [5, 5.41) is 10.9. The Morgan fingerprint density at radius 3 is 3.11 bits per heavy atom. The molecule has 1 N–H and O–H groups in total. The zero-order valence-electron chi connectivity index (χ0n) is 10.7. The van der Waals surface area contributed by atoms with Crippen LogP contribution in [0.3, 0.4) is 0 Å². The number of hydrogen-bond donors (Lipinski definition) is 1. The molecule has 98 valence electrons. The van der Waals surface area contributed by atoms with Crippen molar-refractivity contribution in [3.8, 4) is 0 Å². The lowest BCUT2D eigenvalue weighted by Gasteiger charge is -2.01. The fourth-order valence-corrected chi connectivity index (χ4v) is 2.23. The molecule has 5 nitrogen and oxygen atoms in total. The van der Waals surface area contributed by atoms with Crippen molar-refractivity contribution in [2.24, 2.45) is 0 Å². The molecule has 0 saturated carbocycles. The summed E-state index contributed by atoms with van der Waals surface area (Å²) in [7, 11) is 1.71. The van der Waals surface area contributed by atoms with Crippen molar-refractivity contribution in [1.29, 1.82) is 0 Å². The van der Waals surface area contributed by atoms with Gasteiger partial charge >= 0.3 is 0 Å². The lowest BCUT2D eigenvalue weighted by Crippen LogP contribution is -2.04. The number of anilines is 1. The molecule has 0 aliphatic carbocycles. The molecule has 0 radical (unpaired) electrons. The largest absolute Gasteiger partial charge is 0.385 e. The third-order valence-corrected chi connectivity index (χ3v) is 3.32. The highest BCUT2D eigenvalue weighted by Crippen LogP contribution is 2.10. The van der Waals surface area contributed by atoms with Crippen molar-refractivity contribution < 1.29 is 4.74 Å². The summed E-state index contributed by atoms with van der Waals surface area (Å²) in [6.07, 6.45) is 2.95. The van der Waals surface area contributed by atoms with Crippen molar-refractivity contribution in [3.05, 3.63) is 28.3 Å². The second kappa shape index (κ2) is 6.51. The van der Waals surface area contributed by atoms with E-state index in [1.165, 1.54) is 0 Å². The predicted molar refractivity (Wildman–Crippen MR) is 72.9 cm³/mol. The Kier molecular flexibility index (Phi) is 4.72. The van der Waals surface area contributed by atoms with Gasteiger partial charge in [0.05, 0.1) is 17.2 Å². The molecule has 0 amide bonds. The van der Waals surface area contributed by atoms with E-state index >= 15 is 0 Å². The average Bonchev–Trinajstić information content (AvgIpc) is 2.96. The van der Waals surface area contributed by atoms with Gasteiger partial charge in [0.25, 0.3) is 0 Å². The average molecular weight is 266 g/mol. The normalized spacial score (nSPS) is 10.8. The Morgan fingerprint density at radius 2 is 2.39 bits per heavy atom. The second-order valence-corrected chi connectivity index (χ2v) is 5.08.